The zero-order valence-electron chi connectivity index (χ0n) is 11.1. The summed E-state index contributed by atoms with van der Waals surface area (Å²) in [7, 11) is 1.81. The average molecular weight is 259 g/mol. The fourth-order valence-electron chi connectivity index (χ4n) is 2.32. The van der Waals surface area contributed by atoms with Crippen LogP contribution >= 0.6 is 0 Å². The summed E-state index contributed by atoms with van der Waals surface area (Å²) in [4.78, 5) is 19.6. The van der Waals surface area contributed by atoms with Gasteiger partial charge < -0.3 is 10.2 Å². The summed E-state index contributed by atoms with van der Waals surface area (Å²) in [6.07, 6.45) is 7.59. The normalized spacial score (nSPS) is 18.8. The van der Waals surface area contributed by atoms with Crippen LogP contribution in [0.1, 0.15) is 19.8 Å². The molecule has 0 amide bonds. The molecular formula is C12H17N7. The summed E-state index contributed by atoms with van der Waals surface area (Å²) in [5.74, 6) is 1.90. The van der Waals surface area contributed by atoms with Gasteiger partial charge in [-0.25, -0.2) is 4.98 Å². The first kappa shape index (κ1) is 11.9. The van der Waals surface area contributed by atoms with Crippen molar-refractivity contribution in [3.8, 4) is 5.95 Å². The Balaban J connectivity index is 2.02. The molecule has 1 N–H and O–H groups in total. The molecule has 1 fully saturated rings. The molecule has 0 saturated carbocycles. The molecular weight excluding hydrogens is 242 g/mol. The Hall–Kier alpha value is -2.18. The van der Waals surface area contributed by atoms with Gasteiger partial charge in [-0.1, -0.05) is 0 Å². The fraction of sp³-hybridized carbons (Fsp3) is 0.500. The van der Waals surface area contributed by atoms with Crippen LogP contribution in [0.15, 0.2) is 18.7 Å². The number of rotatable bonds is 3. The van der Waals surface area contributed by atoms with Gasteiger partial charge in [-0.3, -0.25) is 4.57 Å². The Kier molecular flexibility index (Phi) is 3.02. The molecule has 1 aliphatic heterocycles. The molecule has 0 bridgehead atoms. The Labute approximate surface area is 111 Å². The van der Waals surface area contributed by atoms with E-state index in [1.165, 1.54) is 12.8 Å². The van der Waals surface area contributed by atoms with Gasteiger partial charge in [0.25, 0.3) is 0 Å². The smallest absolute Gasteiger partial charge is 0.241 e. The summed E-state index contributed by atoms with van der Waals surface area (Å²) < 4.78 is 1.78. The number of nitrogens with one attached hydrogen (secondary N) is 1. The number of hydrogen-bond acceptors (Lipinski definition) is 6. The highest BCUT2D eigenvalue weighted by Crippen LogP contribution is 2.23. The Morgan fingerprint density at radius 2 is 2.11 bits per heavy atom. The van der Waals surface area contributed by atoms with E-state index in [-0.39, 0.29) is 0 Å². The molecule has 19 heavy (non-hydrogen) atoms. The summed E-state index contributed by atoms with van der Waals surface area (Å²) in [5.41, 5.74) is 0. The van der Waals surface area contributed by atoms with Crippen LogP contribution in [-0.4, -0.2) is 44.1 Å². The van der Waals surface area contributed by atoms with Crippen molar-refractivity contribution in [1.29, 1.82) is 0 Å². The molecule has 1 aliphatic rings. The van der Waals surface area contributed by atoms with Gasteiger partial charge in [0, 0.05) is 32.0 Å². The number of imidazole rings is 1. The van der Waals surface area contributed by atoms with Gasteiger partial charge in [-0.2, -0.15) is 15.0 Å². The molecule has 2 aromatic heterocycles. The number of hydrogen-bond donors (Lipinski definition) is 1. The highest BCUT2D eigenvalue weighted by atomic mass is 15.3. The lowest BCUT2D eigenvalue weighted by Crippen LogP contribution is -2.29. The zero-order chi connectivity index (χ0) is 13.2. The minimum Gasteiger partial charge on any atom is -0.357 e. The number of nitrogens with zero attached hydrogens (tertiary/aromatic N) is 6. The molecule has 1 unspecified atom stereocenters. The maximum Gasteiger partial charge on any atom is 0.241 e. The molecule has 100 valence electrons. The summed E-state index contributed by atoms with van der Waals surface area (Å²) in [5, 5.41) is 2.99. The quantitative estimate of drug-likeness (QED) is 0.889. The first-order chi connectivity index (χ1) is 9.28. The van der Waals surface area contributed by atoms with Gasteiger partial charge in [-0.15, -0.1) is 0 Å². The van der Waals surface area contributed by atoms with E-state index in [9.17, 15) is 0 Å². The van der Waals surface area contributed by atoms with Crippen LogP contribution in [0.25, 0.3) is 5.95 Å². The van der Waals surface area contributed by atoms with E-state index in [4.69, 9.17) is 0 Å². The number of anilines is 2. The SMILES string of the molecule is CNc1nc(N2CCCC2C)nc(-n2ccnc2)n1. The van der Waals surface area contributed by atoms with Crippen LogP contribution in [0.4, 0.5) is 11.9 Å². The molecule has 0 radical (unpaired) electrons. The highest BCUT2D eigenvalue weighted by Gasteiger charge is 2.24. The predicted molar refractivity (Wildman–Crippen MR) is 72.5 cm³/mol. The molecule has 1 atom stereocenters. The van der Waals surface area contributed by atoms with E-state index in [1.807, 2.05) is 13.2 Å². The summed E-state index contributed by atoms with van der Waals surface area (Å²) in [6, 6.07) is 0.475. The zero-order valence-corrected chi connectivity index (χ0v) is 11.1. The third-order valence-corrected chi connectivity index (χ3v) is 3.38. The molecule has 3 heterocycles. The maximum atomic E-state index is 4.54. The molecule has 0 spiro atoms. The van der Waals surface area contributed by atoms with Crippen LogP contribution in [-0.2, 0) is 0 Å². The van der Waals surface area contributed by atoms with Crippen molar-refractivity contribution in [2.24, 2.45) is 0 Å². The van der Waals surface area contributed by atoms with Gasteiger partial charge in [-0.05, 0) is 19.8 Å². The molecule has 7 nitrogen and oxygen atoms in total. The highest BCUT2D eigenvalue weighted by molar-refractivity contribution is 5.41. The standard InChI is InChI=1S/C12H17N7/c1-9-4-3-6-19(9)12-16-10(13-2)15-11(17-12)18-7-5-14-8-18/h5,7-9H,3-4,6H2,1-2H3,(H,13,15,16,17). The Morgan fingerprint density at radius 3 is 2.74 bits per heavy atom. The minimum atomic E-state index is 0.475. The second-order valence-corrected chi connectivity index (χ2v) is 4.66. The van der Waals surface area contributed by atoms with Crippen molar-refractivity contribution in [3.05, 3.63) is 18.7 Å². The molecule has 7 heteroatoms. The van der Waals surface area contributed by atoms with E-state index in [0.717, 1.165) is 12.5 Å². The fourth-order valence-corrected chi connectivity index (χ4v) is 2.32. The maximum absolute atomic E-state index is 4.54. The van der Waals surface area contributed by atoms with Crippen LogP contribution in [0.2, 0.25) is 0 Å². The Bertz CT molecular complexity index is 551. The monoisotopic (exact) mass is 259 g/mol. The molecule has 0 aromatic carbocycles. The predicted octanol–water partition coefficient (Wildman–Crippen LogP) is 1.09. The molecule has 2 aromatic rings. The minimum absolute atomic E-state index is 0.475. The number of aromatic nitrogens is 5. The van der Waals surface area contributed by atoms with E-state index in [1.54, 1.807) is 17.1 Å². The average Bonchev–Trinajstić information content (AvgIpc) is 3.09. The topological polar surface area (TPSA) is 71.8 Å². The third-order valence-electron chi connectivity index (χ3n) is 3.38. The van der Waals surface area contributed by atoms with E-state index in [0.29, 0.717) is 17.9 Å². The van der Waals surface area contributed by atoms with Gasteiger partial charge >= 0.3 is 0 Å². The largest absolute Gasteiger partial charge is 0.357 e. The summed E-state index contributed by atoms with van der Waals surface area (Å²) in [6.45, 7) is 3.20. The van der Waals surface area contributed by atoms with Crippen molar-refractivity contribution in [2.75, 3.05) is 23.8 Å². The van der Waals surface area contributed by atoms with E-state index in [2.05, 4.69) is 37.1 Å². The molecule has 1 saturated heterocycles. The lowest BCUT2D eigenvalue weighted by atomic mass is 10.2. The third kappa shape index (κ3) is 2.23. The second kappa shape index (κ2) is 4.83. The van der Waals surface area contributed by atoms with E-state index < -0.39 is 0 Å². The van der Waals surface area contributed by atoms with Gasteiger partial charge in [0.05, 0.1) is 0 Å². The van der Waals surface area contributed by atoms with E-state index >= 15 is 0 Å². The second-order valence-electron chi connectivity index (χ2n) is 4.66. The van der Waals surface area contributed by atoms with Crippen molar-refractivity contribution in [3.63, 3.8) is 0 Å². The van der Waals surface area contributed by atoms with Crippen molar-refractivity contribution in [2.45, 2.75) is 25.8 Å². The van der Waals surface area contributed by atoms with Crippen LogP contribution in [0, 0.1) is 0 Å². The first-order valence-corrected chi connectivity index (χ1v) is 6.47. The summed E-state index contributed by atoms with van der Waals surface area (Å²) >= 11 is 0. The van der Waals surface area contributed by atoms with Gasteiger partial charge in [0.1, 0.15) is 6.33 Å². The molecule has 3 rings (SSSR count). The Morgan fingerprint density at radius 1 is 1.26 bits per heavy atom. The van der Waals surface area contributed by atoms with Crippen LogP contribution < -0.4 is 10.2 Å². The van der Waals surface area contributed by atoms with Gasteiger partial charge in [0.15, 0.2) is 0 Å². The van der Waals surface area contributed by atoms with Gasteiger partial charge in [0.2, 0.25) is 17.8 Å². The molecule has 0 aliphatic carbocycles. The van der Waals surface area contributed by atoms with Crippen LogP contribution in [0.3, 0.4) is 0 Å². The van der Waals surface area contributed by atoms with Crippen LogP contribution in [0.5, 0.6) is 0 Å². The van der Waals surface area contributed by atoms with Crippen molar-refractivity contribution >= 4 is 11.9 Å². The van der Waals surface area contributed by atoms with Crippen molar-refractivity contribution < 1.29 is 0 Å². The lowest BCUT2D eigenvalue weighted by molar-refractivity contribution is 0.711. The first-order valence-electron chi connectivity index (χ1n) is 6.47. The van der Waals surface area contributed by atoms with Crippen molar-refractivity contribution in [1.82, 2.24) is 24.5 Å². The lowest BCUT2D eigenvalue weighted by Gasteiger charge is -2.21.